The summed E-state index contributed by atoms with van der Waals surface area (Å²) < 4.78 is 4.76. The summed E-state index contributed by atoms with van der Waals surface area (Å²) >= 11 is 0. The van der Waals surface area contributed by atoms with Gasteiger partial charge in [0.1, 0.15) is 5.82 Å². The van der Waals surface area contributed by atoms with Crippen molar-refractivity contribution in [2.75, 3.05) is 18.0 Å². The molecule has 0 N–H and O–H groups in total. The van der Waals surface area contributed by atoms with E-state index in [0.29, 0.717) is 6.04 Å². The monoisotopic (exact) mass is 670 g/mol. The van der Waals surface area contributed by atoms with Gasteiger partial charge in [-0.05, 0) is 93.8 Å². The van der Waals surface area contributed by atoms with Crippen LogP contribution in [-0.4, -0.2) is 27.2 Å². The molecule has 2 heterocycles. The van der Waals surface area contributed by atoms with Crippen molar-refractivity contribution >= 4 is 38.5 Å². The number of fused-ring (bicyclic) bond motifs is 4. The molecular formula is C46H62N4. The molecule has 0 radical (unpaired) electrons. The van der Waals surface area contributed by atoms with E-state index in [-0.39, 0.29) is 29.7 Å². The second kappa shape index (κ2) is 18.8. The summed E-state index contributed by atoms with van der Waals surface area (Å²) in [5.74, 6) is 1.74. The molecule has 2 aromatic heterocycles. The molecule has 0 aliphatic heterocycles. The van der Waals surface area contributed by atoms with Crippen LogP contribution in [0.2, 0.25) is 0 Å². The Balaban J connectivity index is 0.000000330. The lowest BCUT2D eigenvalue weighted by Crippen LogP contribution is -2.21. The predicted octanol–water partition coefficient (Wildman–Crippen LogP) is 13.9. The van der Waals surface area contributed by atoms with Gasteiger partial charge in [0.15, 0.2) is 0 Å². The number of rotatable bonds is 9. The molecule has 7 rings (SSSR count). The largest absolute Gasteiger partial charge is 0.372 e. The van der Waals surface area contributed by atoms with Gasteiger partial charge >= 0.3 is 0 Å². The van der Waals surface area contributed by atoms with Crippen molar-refractivity contribution < 1.29 is 0 Å². The minimum absolute atomic E-state index is 0. The number of benzene rings is 5. The van der Waals surface area contributed by atoms with Crippen LogP contribution in [0.5, 0.6) is 0 Å². The number of aromatic nitrogens is 3. The van der Waals surface area contributed by atoms with Crippen molar-refractivity contribution in [2.45, 2.75) is 83.2 Å². The fourth-order valence-corrected chi connectivity index (χ4v) is 6.75. The molecular weight excluding hydrogens is 609 g/mol. The molecule has 4 heteroatoms. The highest BCUT2D eigenvalue weighted by atomic mass is 15.1. The van der Waals surface area contributed by atoms with Gasteiger partial charge in [0.25, 0.3) is 0 Å². The summed E-state index contributed by atoms with van der Waals surface area (Å²) in [5, 5.41) is 2.75. The van der Waals surface area contributed by atoms with Crippen LogP contribution in [0.25, 0.3) is 49.9 Å². The lowest BCUT2D eigenvalue weighted by Gasteiger charge is -2.21. The third-order valence-electron chi connectivity index (χ3n) is 9.33. The van der Waals surface area contributed by atoms with Crippen LogP contribution >= 0.6 is 0 Å². The standard InChI is InChI=1S/C23H23N3.C19H23N.4CH4/c1-3-25(4-2)19-16-14-18(15-17-19)23-24-21-12-8-9-13-22(21)26(23)20-10-6-5-7-11-20;1-4-14(2)13-15(3)20-18-11-7-5-9-16(18)17-10-6-8-12-19(17)20;;;;/h5-17H,3-4H2,1-2H3;5-12,14-15H,4,13H2,1-3H3;4*1H4. The molecule has 2 unspecified atom stereocenters. The second-order valence-corrected chi connectivity index (χ2v) is 12.3. The van der Waals surface area contributed by atoms with Gasteiger partial charge < -0.3 is 9.47 Å². The number of nitrogens with zero attached hydrogens (tertiary/aromatic N) is 4. The summed E-state index contributed by atoms with van der Waals surface area (Å²) in [7, 11) is 0. The van der Waals surface area contributed by atoms with Crippen LogP contribution in [0, 0.1) is 5.92 Å². The van der Waals surface area contributed by atoms with Crippen molar-refractivity contribution in [3.8, 4) is 17.1 Å². The van der Waals surface area contributed by atoms with Crippen LogP contribution in [-0.2, 0) is 0 Å². The van der Waals surface area contributed by atoms with Crippen molar-refractivity contribution in [3.05, 3.63) is 127 Å². The van der Waals surface area contributed by atoms with E-state index in [9.17, 15) is 0 Å². The fraction of sp³-hybridized carbons (Fsp3) is 0.326. The third-order valence-corrected chi connectivity index (χ3v) is 9.33. The maximum absolute atomic E-state index is 4.92. The summed E-state index contributed by atoms with van der Waals surface area (Å²) in [5.41, 5.74) is 8.38. The summed E-state index contributed by atoms with van der Waals surface area (Å²) in [6, 6.07) is 45.6. The van der Waals surface area contributed by atoms with Crippen LogP contribution < -0.4 is 4.90 Å². The minimum atomic E-state index is 0. The van der Waals surface area contributed by atoms with E-state index in [1.165, 1.54) is 40.3 Å². The Morgan fingerprint density at radius 2 is 1.08 bits per heavy atom. The molecule has 7 aromatic rings. The Hall–Kier alpha value is -4.83. The van der Waals surface area contributed by atoms with Gasteiger partial charge in [0.05, 0.1) is 11.0 Å². The Morgan fingerprint density at radius 3 is 1.62 bits per heavy atom. The molecule has 266 valence electrons. The van der Waals surface area contributed by atoms with Gasteiger partial charge in [0.2, 0.25) is 0 Å². The van der Waals surface area contributed by atoms with Gasteiger partial charge in [0, 0.05) is 57.9 Å². The zero-order valence-corrected chi connectivity index (χ0v) is 27.9. The first-order chi connectivity index (χ1) is 22.5. The van der Waals surface area contributed by atoms with Gasteiger partial charge in [-0.25, -0.2) is 4.98 Å². The van der Waals surface area contributed by atoms with Crippen LogP contribution in [0.3, 0.4) is 0 Å². The molecule has 0 aliphatic rings. The number of para-hydroxylation sites is 5. The molecule has 0 spiro atoms. The Kier molecular flexibility index (Phi) is 15.5. The molecule has 0 saturated carbocycles. The van der Waals surface area contributed by atoms with E-state index in [0.717, 1.165) is 47.1 Å². The first-order valence-corrected chi connectivity index (χ1v) is 16.9. The van der Waals surface area contributed by atoms with E-state index in [1.807, 2.05) is 12.1 Å². The molecule has 0 bridgehead atoms. The maximum Gasteiger partial charge on any atom is 0.145 e. The van der Waals surface area contributed by atoms with Crippen molar-refractivity contribution in [1.29, 1.82) is 0 Å². The highest BCUT2D eigenvalue weighted by molar-refractivity contribution is 6.08. The number of hydrogen-bond donors (Lipinski definition) is 0. The number of imidazole rings is 1. The van der Waals surface area contributed by atoms with Gasteiger partial charge in [-0.2, -0.15) is 0 Å². The zero-order chi connectivity index (χ0) is 32.0. The third kappa shape index (κ3) is 8.30. The average molecular weight is 671 g/mol. The molecule has 50 heavy (non-hydrogen) atoms. The Labute approximate surface area is 303 Å². The summed E-state index contributed by atoms with van der Waals surface area (Å²) in [6.07, 6.45) is 2.49. The van der Waals surface area contributed by atoms with Crippen LogP contribution in [0.1, 0.15) is 83.2 Å². The number of hydrogen-bond acceptors (Lipinski definition) is 2. The van der Waals surface area contributed by atoms with E-state index in [2.05, 4.69) is 164 Å². The quantitative estimate of drug-likeness (QED) is 0.153. The van der Waals surface area contributed by atoms with Crippen molar-refractivity contribution in [2.24, 2.45) is 5.92 Å². The van der Waals surface area contributed by atoms with Gasteiger partial charge in [-0.1, -0.05) is 117 Å². The minimum Gasteiger partial charge on any atom is -0.372 e. The van der Waals surface area contributed by atoms with Crippen LogP contribution in [0.4, 0.5) is 5.69 Å². The van der Waals surface area contributed by atoms with Crippen molar-refractivity contribution in [1.82, 2.24) is 14.1 Å². The van der Waals surface area contributed by atoms with Gasteiger partial charge in [-0.3, -0.25) is 4.57 Å². The zero-order valence-electron chi connectivity index (χ0n) is 27.9. The molecule has 2 atom stereocenters. The SMILES string of the molecule is C.C.C.C.CCC(C)CC(C)n1c2ccccc2c2ccccc21.CCN(CC)c1ccc(-c2nc3ccccc3n2-c2ccccc2)cc1. The van der Waals surface area contributed by atoms with Crippen LogP contribution in [0.15, 0.2) is 127 Å². The van der Waals surface area contributed by atoms with E-state index >= 15 is 0 Å². The fourth-order valence-electron chi connectivity index (χ4n) is 6.75. The highest BCUT2D eigenvalue weighted by Gasteiger charge is 2.17. The Morgan fingerprint density at radius 1 is 0.580 bits per heavy atom. The smallest absolute Gasteiger partial charge is 0.145 e. The van der Waals surface area contributed by atoms with E-state index in [1.54, 1.807) is 0 Å². The second-order valence-electron chi connectivity index (χ2n) is 12.3. The topological polar surface area (TPSA) is 26.0 Å². The van der Waals surface area contributed by atoms with Gasteiger partial charge in [-0.15, -0.1) is 0 Å². The lowest BCUT2D eigenvalue weighted by atomic mass is 10.00. The molecule has 0 saturated heterocycles. The Bertz CT molecular complexity index is 1960. The highest BCUT2D eigenvalue weighted by Crippen LogP contribution is 2.34. The maximum atomic E-state index is 4.92. The molecule has 5 aromatic carbocycles. The van der Waals surface area contributed by atoms with E-state index < -0.39 is 0 Å². The molecule has 0 aliphatic carbocycles. The lowest BCUT2D eigenvalue weighted by molar-refractivity contribution is 0.411. The number of anilines is 1. The molecule has 0 amide bonds. The normalized spacial score (nSPS) is 11.6. The summed E-state index contributed by atoms with van der Waals surface area (Å²) in [6.45, 7) is 13.4. The first-order valence-electron chi connectivity index (χ1n) is 16.9. The predicted molar refractivity (Wildman–Crippen MR) is 225 cm³/mol. The van der Waals surface area contributed by atoms with Crippen molar-refractivity contribution in [3.63, 3.8) is 0 Å². The molecule has 4 nitrogen and oxygen atoms in total. The van der Waals surface area contributed by atoms with E-state index in [4.69, 9.17) is 4.98 Å². The average Bonchev–Trinajstić information content (AvgIpc) is 3.66. The first kappa shape index (κ1) is 41.3. The summed E-state index contributed by atoms with van der Waals surface area (Å²) in [4.78, 5) is 7.27. The molecule has 0 fully saturated rings.